The first-order valence-corrected chi connectivity index (χ1v) is 6.70. The van der Waals surface area contributed by atoms with Crippen LogP contribution < -0.4 is 4.90 Å². The number of aliphatic hydroxyl groups is 1. The van der Waals surface area contributed by atoms with E-state index in [4.69, 9.17) is 4.74 Å². The van der Waals surface area contributed by atoms with Crippen LogP contribution in [0.3, 0.4) is 0 Å². The van der Waals surface area contributed by atoms with Gasteiger partial charge in [0.25, 0.3) is 5.69 Å². The summed E-state index contributed by atoms with van der Waals surface area (Å²) >= 11 is 0. The third kappa shape index (κ3) is 2.53. The van der Waals surface area contributed by atoms with Crippen LogP contribution in [0.1, 0.15) is 0 Å². The van der Waals surface area contributed by atoms with E-state index in [0.29, 0.717) is 25.2 Å². The van der Waals surface area contributed by atoms with Crippen LogP contribution in [0.5, 0.6) is 0 Å². The molecular weight excluding hydrogens is 274 g/mol. The van der Waals surface area contributed by atoms with Gasteiger partial charge in [-0.25, -0.2) is 4.98 Å². The Morgan fingerprint density at radius 2 is 2.33 bits per heavy atom. The van der Waals surface area contributed by atoms with E-state index in [-0.39, 0.29) is 18.4 Å². The minimum atomic E-state index is -0.422. The Morgan fingerprint density at radius 3 is 3.10 bits per heavy atom. The van der Waals surface area contributed by atoms with Gasteiger partial charge in [-0.05, 0) is 6.07 Å². The number of aromatic nitrogens is 1. The smallest absolute Gasteiger partial charge is 0.295 e. The Morgan fingerprint density at radius 1 is 1.48 bits per heavy atom. The number of hydrogen-bond donors (Lipinski definition) is 1. The van der Waals surface area contributed by atoms with Gasteiger partial charge in [0.1, 0.15) is 5.52 Å². The number of anilines is 1. The number of nitro benzene ring substituents is 1. The van der Waals surface area contributed by atoms with Gasteiger partial charge in [-0.1, -0.05) is 12.1 Å². The average Bonchev–Trinajstić information content (AvgIpc) is 2.53. The lowest BCUT2D eigenvalue weighted by Gasteiger charge is -2.34. The second-order valence-corrected chi connectivity index (χ2v) is 4.88. The van der Waals surface area contributed by atoms with E-state index in [0.717, 1.165) is 11.1 Å². The normalized spacial score (nSPS) is 18.9. The number of rotatable bonds is 3. The van der Waals surface area contributed by atoms with Gasteiger partial charge in [-0.15, -0.1) is 0 Å². The van der Waals surface area contributed by atoms with Crippen LogP contribution in [-0.4, -0.2) is 47.4 Å². The number of non-ortho nitro benzene ring substituents is 1. The molecule has 1 aliphatic heterocycles. The van der Waals surface area contributed by atoms with Crippen LogP contribution in [0.2, 0.25) is 0 Å². The van der Waals surface area contributed by atoms with Crippen molar-refractivity contribution in [3.8, 4) is 0 Å². The van der Waals surface area contributed by atoms with Gasteiger partial charge < -0.3 is 14.7 Å². The number of benzene rings is 1. The Bertz CT molecular complexity index is 676. The summed E-state index contributed by atoms with van der Waals surface area (Å²) in [6.07, 6.45) is 1.34. The monoisotopic (exact) mass is 289 g/mol. The fourth-order valence-corrected chi connectivity index (χ4v) is 2.62. The molecule has 2 heterocycles. The Balaban J connectivity index is 2.07. The minimum Gasteiger partial charge on any atom is -0.394 e. The van der Waals surface area contributed by atoms with Crippen molar-refractivity contribution in [1.29, 1.82) is 0 Å². The lowest BCUT2D eigenvalue weighted by Crippen LogP contribution is -2.44. The summed E-state index contributed by atoms with van der Waals surface area (Å²) in [5, 5.41) is 21.1. The molecule has 21 heavy (non-hydrogen) atoms. The van der Waals surface area contributed by atoms with Crippen molar-refractivity contribution < 1.29 is 14.8 Å². The molecule has 0 aliphatic carbocycles. The van der Waals surface area contributed by atoms with Crippen molar-refractivity contribution >= 4 is 22.3 Å². The van der Waals surface area contributed by atoms with Crippen molar-refractivity contribution in [3.05, 3.63) is 40.6 Å². The number of fused-ring (bicyclic) bond motifs is 1. The number of para-hydroxylation sites is 1. The van der Waals surface area contributed by atoms with Crippen LogP contribution >= 0.6 is 0 Å². The van der Waals surface area contributed by atoms with E-state index in [9.17, 15) is 15.2 Å². The van der Waals surface area contributed by atoms with Crippen molar-refractivity contribution in [1.82, 2.24) is 4.98 Å². The topological polar surface area (TPSA) is 88.7 Å². The van der Waals surface area contributed by atoms with E-state index >= 15 is 0 Å². The zero-order valence-electron chi connectivity index (χ0n) is 11.3. The van der Waals surface area contributed by atoms with E-state index < -0.39 is 4.92 Å². The first-order valence-electron chi connectivity index (χ1n) is 6.70. The number of hydrogen-bond acceptors (Lipinski definition) is 6. The molecule has 1 aliphatic rings. The summed E-state index contributed by atoms with van der Waals surface area (Å²) in [4.78, 5) is 16.9. The quantitative estimate of drug-likeness (QED) is 0.677. The zero-order chi connectivity index (χ0) is 14.8. The average molecular weight is 289 g/mol. The fraction of sp³-hybridized carbons (Fsp3) is 0.357. The van der Waals surface area contributed by atoms with E-state index in [1.807, 2.05) is 12.1 Å². The van der Waals surface area contributed by atoms with Gasteiger partial charge in [0.2, 0.25) is 0 Å². The molecule has 1 aromatic heterocycles. The maximum absolute atomic E-state index is 11.1. The highest BCUT2D eigenvalue weighted by atomic mass is 16.6. The second kappa shape index (κ2) is 5.63. The molecule has 7 nitrogen and oxygen atoms in total. The summed E-state index contributed by atoms with van der Waals surface area (Å²) in [6.45, 7) is 1.71. The highest BCUT2D eigenvalue weighted by Gasteiger charge is 2.23. The molecule has 0 spiro atoms. The summed E-state index contributed by atoms with van der Waals surface area (Å²) in [5.74, 6) is 0. The predicted octanol–water partition coefficient (Wildman–Crippen LogP) is 1.34. The van der Waals surface area contributed by atoms with Crippen molar-refractivity contribution in [2.45, 2.75) is 6.10 Å². The number of aliphatic hydroxyl groups excluding tert-OH is 1. The number of ether oxygens (including phenoxy) is 1. The Kier molecular flexibility index (Phi) is 3.68. The summed E-state index contributed by atoms with van der Waals surface area (Å²) < 4.78 is 5.44. The number of nitrogens with zero attached hydrogens (tertiary/aromatic N) is 3. The summed E-state index contributed by atoms with van der Waals surface area (Å²) in [5.41, 5.74) is 1.26. The van der Waals surface area contributed by atoms with E-state index in [1.54, 1.807) is 12.3 Å². The van der Waals surface area contributed by atoms with Gasteiger partial charge in [0.05, 0.1) is 24.2 Å². The molecule has 1 unspecified atom stereocenters. The summed E-state index contributed by atoms with van der Waals surface area (Å²) in [6, 6.07) is 6.78. The van der Waals surface area contributed by atoms with E-state index in [1.165, 1.54) is 6.07 Å². The maximum atomic E-state index is 11.1. The molecule has 0 radical (unpaired) electrons. The van der Waals surface area contributed by atoms with Crippen molar-refractivity contribution in [2.24, 2.45) is 0 Å². The SMILES string of the molecule is O=[N+]([O-])c1cccc2c(N3CCOC(CO)C3)ccnc12. The third-order valence-electron chi connectivity index (χ3n) is 3.61. The number of pyridine rings is 1. The van der Waals surface area contributed by atoms with Crippen molar-refractivity contribution in [3.63, 3.8) is 0 Å². The van der Waals surface area contributed by atoms with Crippen molar-refractivity contribution in [2.75, 3.05) is 31.2 Å². The molecular formula is C14H15N3O4. The van der Waals surface area contributed by atoms with Gasteiger partial charge in [-0.2, -0.15) is 0 Å². The van der Waals surface area contributed by atoms with Crippen LogP contribution in [0, 0.1) is 10.1 Å². The van der Waals surface area contributed by atoms with E-state index in [2.05, 4.69) is 9.88 Å². The molecule has 0 amide bonds. The van der Waals surface area contributed by atoms with Gasteiger partial charge >= 0.3 is 0 Å². The molecule has 1 fully saturated rings. The standard InChI is InChI=1S/C14H15N3O4/c18-9-10-8-16(6-7-21-10)12-4-5-15-14-11(12)2-1-3-13(14)17(19)20/h1-5,10,18H,6-9H2. The Labute approximate surface area is 120 Å². The largest absolute Gasteiger partial charge is 0.394 e. The first-order chi connectivity index (χ1) is 10.2. The fourth-order valence-electron chi connectivity index (χ4n) is 2.62. The van der Waals surface area contributed by atoms with Gasteiger partial charge in [-0.3, -0.25) is 10.1 Å². The molecule has 1 saturated heterocycles. The van der Waals surface area contributed by atoms with Gasteiger partial charge in [0, 0.05) is 36.4 Å². The lowest BCUT2D eigenvalue weighted by molar-refractivity contribution is -0.383. The molecule has 1 N–H and O–H groups in total. The third-order valence-corrected chi connectivity index (χ3v) is 3.61. The highest BCUT2D eigenvalue weighted by molar-refractivity contribution is 5.96. The number of nitro groups is 1. The zero-order valence-corrected chi connectivity index (χ0v) is 11.3. The molecule has 110 valence electrons. The highest BCUT2D eigenvalue weighted by Crippen LogP contribution is 2.31. The molecule has 7 heteroatoms. The molecule has 0 saturated carbocycles. The molecule has 1 atom stereocenters. The number of morpholine rings is 1. The van der Waals surface area contributed by atoms with Crippen LogP contribution in [0.15, 0.2) is 30.5 Å². The van der Waals surface area contributed by atoms with Gasteiger partial charge in [0.15, 0.2) is 0 Å². The second-order valence-electron chi connectivity index (χ2n) is 4.88. The van der Waals surface area contributed by atoms with Crippen LogP contribution in [0.25, 0.3) is 10.9 Å². The molecule has 3 rings (SSSR count). The first kappa shape index (κ1) is 13.7. The lowest BCUT2D eigenvalue weighted by atomic mass is 10.1. The Hall–Kier alpha value is -2.25. The maximum Gasteiger partial charge on any atom is 0.295 e. The summed E-state index contributed by atoms with van der Waals surface area (Å²) in [7, 11) is 0. The molecule has 0 bridgehead atoms. The van der Waals surface area contributed by atoms with Crippen LogP contribution in [0.4, 0.5) is 11.4 Å². The predicted molar refractivity (Wildman–Crippen MR) is 77.4 cm³/mol. The molecule has 2 aromatic rings. The molecule has 1 aromatic carbocycles. The minimum absolute atomic E-state index is 0.00122. The van der Waals surface area contributed by atoms with Crippen LogP contribution in [-0.2, 0) is 4.74 Å².